The van der Waals surface area contributed by atoms with Crippen LogP contribution in [0.1, 0.15) is 30.2 Å². The summed E-state index contributed by atoms with van der Waals surface area (Å²) < 4.78 is 7.32. The largest absolute Gasteiger partial charge is 0.444 e. The van der Waals surface area contributed by atoms with Gasteiger partial charge in [0.1, 0.15) is 12.1 Å². The third-order valence-corrected chi connectivity index (χ3v) is 5.37. The molecule has 2 amide bonds. The molecule has 1 aliphatic heterocycles. The number of oxazole rings is 1. The molecule has 1 aliphatic rings. The number of para-hydroxylation sites is 2. The molecule has 28 heavy (non-hydrogen) atoms. The number of nitrogens with zero attached hydrogens (tertiary/aromatic N) is 4. The van der Waals surface area contributed by atoms with E-state index in [4.69, 9.17) is 4.42 Å². The number of rotatable bonds is 5. The molecule has 3 heterocycles. The van der Waals surface area contributed by atoms with Crippen molar-refractivity contribution in [3.05, 3.63) is 47.9 Å². The Hall–Kier alpha value is -2.87. The van der Waals surface area contributed by atoms with Crippen LogP contribution in [0.4, 0.5) is 4.79 Å². The van der Waals surface area contributed by atoms with Crippen LogP contribution in [-0.4, -0.2) is 45.2 Å². The summed E-state index contributed by atoms with van der Waals surface area (Å²) in [7, 11) is 0. The third kappa shape index (κ3) is 4.17. The van der Waals surface area contributed by atoms with Gasteiger partial charge in [0.15, 0.2) is 0 Å². The van der Waals surface area contributed by atoms with Crippen LogP contribution < -0.4 is 10.7 Å². The highest BCUT2D eigenvalue weighted by atomic mass is 16.4. The normalized spacial score (nSPS) is 15.8. The third-order valence-electron chi connectivity index (χ3n) is 5.37. The summed E-state index contributed by atoms with van der Waals surface area (Å²) in [6.45, 7) is 7.31. The number of hydrogen-bond donors (Lipinski definition) is 2. The van der Waals surface area contributed by atoms with Gasteiger partial charge in [-0.15, -0.1) is 0 Å². The molecule has 1 saturated heterocycles. The summed E-state index contributed by atoms with van der Waals surface area (Å²) in [5, 5.41) is 2.98. The highest BCUT2D eigenvalue weighted by Crippen LogP contribution is 2.19. The first-order valence-electron chi connectivity index (χ1n) is 9.70. The number of aromatic nitrogens is 3. The molecule has 0 aliphatic carbocycles. The van der Waals surface area contributed by atoms with Gasteiger partial charge < -0.3 is 9.73 Å². The average molecular weight is 382 g/mol. The Morgan fingerprint density at radius 1 is 1.25 bits per heavy atom. The van der Waals surface area contributed by atoms with Crippen molar-refractivity contribution in [3.63, 3.8) is 0 Å². The number of fused-ring (bicyclic) bond motifs is 1. The molecule has 0 spiro atoms. The maximum absolute atomic E-state index is 12.2. The maximum atomic E-state index is 12.2. The van der Waals surface area contributed by atoms with E-state index in [0.29, 0.717) is 12.5 Å². The van der Waals surface area contributed by atoms with Gasteiger partial charge in [0.05, 0.1) is 23.3 Å². The van der Waals surface area contributed by atoms with Crippen LogP contribution in [0.5, 0.6) is 0 Å². The molecule has 4 rings (SSSR count). The fourth-order valence-corrected chi connectivity index (χ4v) is 3.58. The molecule has 1 fully saturated rings. The van der Waals surface area contributed by atoms with Crippen LogP contribution in [0, 0.1) is 19.8 Å². The van der Waals surface area contributed by atoms with Crippen molar-refractivity contribution >= 4 is 17.1 Å². The molecular weight excluding hydrogens is 356 g/mol. The summed E-state index contributed by atoms with van der Waals surface area (Å²) in [5.41, 5.74) is 5.52. The summed E-state index contributed by atoms with van der Waals surface area (Å²) in [6.07, 6.45) is 3.72. The van der Waals surface area contributed by atoms with E-state index in [1.54, 1.807) is 11.0 Å². The molecule has 2 N–H and O–H groups in total. The number of nitrogens with one attached hydrogen (secondary N) is 2. The zero-order valence-corrected chi connectivity index (χ0v) is 16.3. The van der Waals surface area contributed by atoms with E-state index >= 15 is 0 Å². The molecule has 0 bridgehead atoms. The lowest BCUT2D eigenvalue weighted by Crippen LogP contribution is -2.41. The minimum Gasteiger partial charge on any atom is -0.444 e. The predicted octanol–water partition coefficient (Wildman–Crippen LogP) is 2.81. The van der Waals surface area contributed by atoms with Crippen molar-refractivity contribution in [1.29, 1.82) is 0 Å². The van der Waals surface area contributed by atoms with E-state index in [2.05, 4.69) is 25.6 Å². The lowest BCUT2D eigenvalue weighted by molar-refractivity contribution is 0.162. The van der Waals surface area contributed by atoms with Crippen LogP contribution in [0.25, 0.3) is 11.0 Å². The van der Waals surface area contributed by atoms with E-state index in [-0.39, 0.29) is 6.03 Å². The fourth-order valence-electron chi connectivity index (χ4n) is 3.58. The first-order chi connectivity index (χ1) is 13.6. The number of likely N-dealkylation sites (tertiary alicyclic amines) is 1. The number of urea groups is 1. The molecule has 8 heteroatoms. The molecule has 0 radical (unpaired) electrons. The lowest BCUT2D eigenvalue weighted by Gasteiger charge is -2.31. The van der Waals surface area contributed by atoms with Crippen LogP contribution in [0.3, 0.4) is 0 Å². The van der Waals surface area contributed by atoms with Crippen LogP contribution in [0.15, 0.2) is 35.0 Å². The summed E-state index contributed by atoms with van der Waals surface area (Å²) >= 11 is 0. The highest BCUT2D eigenvalue weighted by molar-refractivity contribution is 5.85. The Kier molecular flexibility index (Phi) is 5.29. The quantitative estimate of drug-likeness (QED) is 0.708. The number of amides is 2. The summed E-state index contributed by atoms with van der Waals surface area (Å²) in [5.74, 6) is 2.17. The second kappa shape index (κ2) is 8.02. The molecule has 8 nitrogen and oxygen atoms in total. The molecule has 2 aromatic heterocycles. The lowest BCUT2D eigenvalue weighted by atomic mass is 9.97. The molecule has 3 aromatic rings. The van der Waals surface area contributed by atoms with Crippen molar-refractivity contribution in [2.75, 3.05) is 25.1 Å². The maximum Gasteiger partial charge on any atom is 0.333 e. The molecule has 148 valence electrons. The predicted molar refractivity (Wildman–Crippen MR) is 106 cm³/mol. The number of hydrogen-bond acceptors (Lipinski definition) is 5. The Bertz CT molecular complexity index is 935. The van der Waals surface area contributed by atoms with Crippen molar-refractivity contribution in [2.45, 2.75) is 33.2 Å². The average Bonchev–Trinajstić information content (AvgIpc) is 3.24. The Labute approximate surface area is 163 Å². The topological polar surface area (TPSA) is 88.2 Å². The first kappa shape index (κ1) is 18.5. The Morgan fingerprint density at radius 2 is 2.04 bits per heavy atom. The molecule has 1 aromatic carbocycles. The van der Waals surface area contributed by atoms with Crippen molar-refractivity contribution in [2.24, 2.45) is 5.92 Å². The van der Waals surface area contributed by atoms with E-state index in [9.17, 15) is 4.79 Å². The Balaban J connectivity index is 1.21. The monoisotopic (exact) mass is 382 g/mol. The van der Waals surface area contributed by atoms with Crippen molar-refractivity contribution in [3.8, 4) is 0 Å². The van der Waals surface area contributed by atoms with E-state index in [1.807, 2.05) is 38.1 Å². The van der Waals surface area contributed by atoms with Gasteiger partial charge in [0, 0.05) is 6.54 Å². The van der Waals surface area contributed by atoms with Gasteiger partial charge in [-0.3, -0.25) is 4.90 Å². The summed E-state index contributed by atoms with van der Waals surface area (Å²) in [4.78, 5) is 23.3. The second-order valence-electron chi connectivity index (χ2n) is 7.39. The molecule has 0 unspecified atom stereocenters. The van der Waals surface area contributed by atoms with E-state index < -0.39 is 0 Å². The zero-order valence-electron chi connectivity index (χ0n) is 16.3. The van der Waals surface area contributed by atoms with Crippen molar-refractivity contribution < 1.29 is 9.21 Å². The second-order valence-corrected chi connectivity index (χ2v) is 7.39. The number of piperidine rings is 1. The van der Waals surface area contributed by atoms with Crippen LogP contribution in [0.2, 0.25) is 0 Å². The minimum atomic E-state index is -0.212. The Morgan fingerprint density at radius 3 is 2.79 bits per heavy atom. The van der Waals surface area contributed by atoms with E-state index in [0.717, 1.165) is 60.9 Å². The minimum absolute atomic E-state index is 0.212. The van der Waals surface area contributed by atoms with Crippen LogP contribution >= 0.6 is 0 Å². The van der Waals surface area contributed by atoms with Gasteiger partial charge in [0.2, 0.25) is 5.89 Å². The zero-order chi connectivity index (χ0) is 19.5. The first-order valence-corrected chi connectivity index (χ1v) is 9.70. The van der Waals surface area contributed by atoms with Gasteiger partial charge in [-0.25, -0.2) is 24.9 Å². The highest BCUT2D eigenvalue weighted by Gasteiger charge is 2.21. The number of carbonyl (C=O) groups excluding carboxylic acids is 1. The number of imidazole rings is 1. The molecule has 0 atom stereocenters. The molecular formula is C20H26N6O2. The molecule has 0 saturated carbocycles. The SMILES string of the molecule is Cc1nc(CN2CCC(CNC(=O)Nn3cnc4ccccc43)CC2)oc1C. The van der Waals surface area contributed by atoms with Gasteiger partial charge in [-0.1, -0.05) is 12.1 Å². The van der Waals surface area contributed by atoms with Gasteiger partial charge in [0.25, 0.3) is 0 Å². The van der Waals surface area contributed by atoms with Gasteiger partial charge in [-0.05, 0) is 57.8 Å². The van der Waals surface area contributed by atoms with Crippen molar-refractivity contribution in [1.82, 2.24) is 24.9 Å². The smallest absolute Gasteiger partial charge is 0.333 e. The number of carbonyl (C=O) groups is 1. The number of benzene rings is 1. The van der Waals surface area contributed by atoms with Gasteiger partial charge >= 0.3 is 6.03 Å². The van der Waals surface area contributed by atoms with Crippen LogP contribution in [-0.2, 0) is 6.54 Å². The summed E-state index contributed by atoms with van der Waals surface area (Å²) in [6, 6.07) is 7.48. The van der Waals surface area contributed by atoms with Gasteiger partial charge in [-0.2, -0.15) is 0 Å². The van der Waals surface area contributed by atoms with E-state index in [1.165, 1.54) is 0 Å². The standard InChI is InChI=1S/C20H26N6O2/c1-14-15(2)28-19(23-14)12-25-9-7-16(8-10-25)11-21-20(27)24-26-13-22-17-5-3-4-6-18(17)26/h3-6,13,16H,7-12H2,1-2H3,(H2,21,24,27). The fraction of sp³-hybridized carbons (Fsp3) is 0.450. The number of aryl methyl sites for hydroxylation is 2.